The molecule has 1 aromatic heterocycles. The first-order valence-corrected chi connectivity index (χ1v) is 4.29. The summed E-state index contributed by atoms with van der Waals surface area (Å²) in [5.41, 5.74) is 0. The predicted octanol–water partition coefficient (Wildman–Crippen LogP) is 1.84. The summed E-state index contributed by atoms with van der Waals surface area (Å²) in [5.74, 6) is 2.32. The molecule has 0 N–H and O–H groups in total. The number of halogens is 1. The first-order valence-electron chi connectivity index (χ1n) is 3.76. The lowest BCUT2D eigenvalue weighted by molar-refractivity contribution is 0.608. The molecule has 0 bridgehead atoms. The molecule has 0 radical (unpaired) electrons. The third-order valence-electron chi connectivity index (χ3n) is 1.72. The second-order valence-corrected chi connectivity index (χ2v) is 3.23. The summed E-state index contributed by atoms with van der Waals surface area (Å²) in [6.45, 7) is 2.13. The molecule has 1 aromatic rings. The van der Waals surface area contributed by atoms with Crippen molar-refractivity contribution in [2.75, 3.05) is 5.88 Å². The van der Waals surface area contributed by atoms with Gasteiger partial charge in [0.15, 0.2) is 0 Å². The van der Waals surface area contributed by atoms with Crippen LogP contribution in [0.4, 0.5) is 0 Å². The highest BCUT2D eigenvalue weighted by molar-refractivity contribution is 6.18. The molecular formula is C8H13ClN2. The van der Waals surface area contributed by atoms with Crippen molar-refractivity contribution in [1.82, 2.24) is 9.55 Å². The molecule has 1 unspecified atom stereocenters. The number of hydrogen-bond donors (Lipinski definition) is 0. The molecular weight excluding hydrogens is 160 g/mol. The van der Waals surface area contributed by atoms with Gasteiger partial charge in [-0.3, -0.25) is 0 Å². The summed E-state index contributed by atoms with van der Waals surface area (Å²) >= 11 is 5.68. The Balaban J connectivity index is 2.56. The van der Waals surface area contributed by atoms with Gasteiger partial charge in [-0.05, 0) is 5.92 Å². The highest BCUT2D eigenvalue weighted by atomic mass is 35.5. The molecule has 0 aliphatic rings. The summed E-state index contributed by atoms with van der Waals surface area (Å²) in [5, 5.41) is 0. The molecule has 0 aliphatic carbocycles. The molecule has 0 saturated heterocycles. The van der Waals surface area contributed by atoms with Gasteiger partial charge in [-0.15, -0.1) is 11.6 Å². The normalized spacial score (nSPS) is 13.4. The van der Waals surface area contributed by atoms with Crippen LogP contribution in [-0.4, -0.2) is 15.4 Å². The van der Waals surface area contributed by atoms with Crippen molar-refractivity contribution in [3.63, 3.8) is 0 Å². The molecule has 62 valence electrons. The van der Waals surface area contributed by atoms with Gasteiger partial charge in [-0.25, -0.2) is 4.98 Å². The molecule has 0 aromatic carbocycles. The third kappa shape index (κ3) is 2.22. The zero-order valence-corrected chi connectivity index (χ0v) is 7.67. The fraction of sp³-hybridized carbons (Fsp3) is 0.625. The lowest BCUT2D eigenvalue weighted by atomic mass is 10.1. The van der Waals surface area contributed by atoms with Crippen LogP contribution in [0.1, 0.15) is 12.7 Å². The molecule has 0 saturated carbocycles. The summed E-state index contributed by atoms with van der Waals surface area (Å²) in [4.78, 5) is 4.21. The molecule has 0 aliphatic heterocycles. The quantitative estimate of drug-likeness (QED) is 0.637. The maximum absolute atomic E-state index is 5.68. The van der Waals surface area contributed by atoms with Crippen molar-refractivity contribution in [2.24, 2.45) is 13.0 Å². The van der Waals surface area contributed by atoms with Gasteiger partial charge in [0.05, 0.1) is 0 Å². The Morgan fingerprint density at radius 2 is 2.45 bits per heavy atom. The fourth-order valence-electron chi connectivity index (χ4n) is 0.959. The Hall–Kier alpha value is -0.500. The molecule has 3 heteroatoms. The van der Waals surface area contributed by atoms with E-state index in [4.69, 9.17) is 11.6 Å². The summed E-state index contributed by atoms with van der Waals surface area (Å²) in [6, 6.07) is 0. The Labute approximate surface area is 72.2 Å². The van der Waals surface area contributed by atoms with Crippen LogP contribution in [0.15, 0.2) is 12.4 Å². The number of rotatable bonds is 3. The zero-order chi connectivity index (χ0) is 8.27. The van der Waals surface area contributed by atoms with Crippen LogP contribution in [-0.2, 0) is 13.5 Å². The molecule has 1 atom stereocenters. The van der Waals surface area contributed by atoms with E-state index in [1.807, 2.05) is 24.0 Å². The van der Waals surface area contributed by atoms with Crippen molar-refractivity contribution in [1.29, 1.82) is 0 Å². The molecule has 0 spiro atoms. The summed E-state index contributed by atoms with van der Waals surface area (Å²) < 4.78 is 2.03. The first kappa shape index (κ1) is 8.60. The molecule has 1 heterocycles. The average Bonchev–Trinajstić information content (AvgIpc) is 2.37. The Morgan fingerprint density at radius 1 is 1.73 bits per heavy atom. The van der Waals surface area contributed by atoms with E-state index in [2.05, 4.69) is 11.9 Å². The van der Waals surface area contributed by atoms with Crippen LogP contribution in [0.3, 0.4) is 0 Å². The number of nitrogens with zero attached hydrogens (tertiary/aromatic N) is 2. The van der Waals surface area contributed by atoms with E-state index >= 15 is 0 Å². The highest BCUT2D eigenvalue weighted by Gasteiger charge is 2.04. The maximum Gasteiger partial charge on any atom is 0.108 e. The Bertz CT molecular complexity index is 220. The van der Waals surface area contributed by atoms with E-state index in [0.717, 1.165) is 12.2 Å². The van der Waals surface area contributed by atoms with Crippen LogP contribution in [0, 0.1) is 5.92 Å². The number of imidazole rings is 1. The highest BCUT2D eigenvalue weighted by Crippen LogP contribution is 2.06. The topological polar surface area (TPSA) is 17.8 Å². The van der Waals surface area contributed by atoms with Crippen LogP contribution in [0.2, 0.25) is 0 Å². The Morgan fingerprint density at radius 3 is 2.91 bits per heavy atom. The first-order chi connectivity index (χ1) is 5.24. The van der Waals surface area contributed by atoms with Crippen molar-refractivity contribution >= 4 is 11.6 Å². The van der Waals surface area contributed by atoms with Crippen molar-refractivity contribution in [2.45, 2.75) is 13.3 Å². The molecule has 11 heavy (non-hydrogen) atoms. The fourth-order valence-corrected chi connectivity index (χ4v) is 1.07. The van der Waals surface area contributed by atoms with E-state index in [0.29, 0.717) is 11.8 Å². The van der Waals surface area contributed by atoms with Crippen molar-refractivity contribution in [3.05, 3.63) is 18.2 Å². The minimum Gasteiger partial charge on any atom is -0.338 e. The lowest BCUT2D eigenvalue weighted by Gasteiger charge is -2.05. The summed E-state index contributed by atoms with van der Waals surface area (Å²) in [7, 11) is 2.00. The molecule has 1 rings (SSSR count). The zero-order valence-electron chi connectivity index (χ0n) is 6.92. The van der Waals surface area contributed by atoms with E-state index in [9.17, 15) is 0 Å². The van der Waals surface area contributed by atoms with E-state index in [1.54, 1.807) is 0 Å². The van der Waals surface area contributed by atoms with Crippen molar-refractivity contribution in [3.8, 4) is 0 Å². The number of aryl methyl sites for hydroxylation is 1. The third-order valence-corrected chi connectivity index (χ3v) is 2.24. The van der Waals surface area contributed by atoms with Crippen LogP contribution in [0.25, 0.3) is 0 Å². The van der Waals surface area contributed by atoms with Gasteiger partial charge < -0.3 is 4.57 Å². The van der Waals surface area contributed by atoms with Gasteiger partial charge in [-0.1, -0.05) is 6.92 Å². The average molecular weight is 173 g/mol. The Kier molecular flexibility index (Phi) is 2.94. The molecule has 0 amide bonds. The van der Waals surface area contributed by atoms with E-state index in [1.165, 1.54) is 0 Å². The van der Waals surface area contributed by atoms with E-state index in [-0.39, 0.29) is 0 Å². The van der Waals surface area contributed by atoms with Gasteiger partial charge in [0, 0.05) is 31.7 Å². The standard InChI is InChI=1S/C8H13ClN2/c1-7(6-9)5-8-10-3-4-11(8)2/h3-4,7H,5-6H2,1-2H3. The number of alkyl halides is 1. The predicted molar refractivity (Wildman–Crippen MR) is 46.8 cm³/mol. The van der Waals surface area contributed by atoms with E-state index < -0.39 is 0 Å². The molecule has 0 fully saturated rings. The number of hydrogen-bond acceptors (Lipinski definition) is 1. The van der Waals surface area contributed by atoms with Crippen LogP contribution < -0.4 is 0 Å². The van der Waals surface area contributed by atoms with Gasteiger partial charge in [0.1, 0.15) is 5.82 Å². The second kappa shape index (κ2) is 3.77. The van der Waals surface area contributed by atoms with Crippen molar-refractivity contribution < 1.29 is 0 Å². The molecule has 2 nitrogen and oxygen atoms in total. The lowest BCUT2D eigenvalue weighted by Crippen LogP contribution is -2.06. The minimum absolute atomic E-state index is 0.512. The monoisotopic (exact) mass is 172 g/mol. The van der Waals surface area contributed by atoms with Gasteiger partial charge in [-0.2, -0.15) is 0 Å². The van der Waals surface area contributed by atoms with Gasteiger partial charge in [0.25, 0.3) is 0 Å². The smallest absolute Gasteiger partial charge is 0.108 e. The van der Waals surface area contributed by atoms with Gasteiger partial charge in [0.2, 0.25) is 0 Å². The largest absolute Gasteiger partial charge is 0.338 e. The summed E-state index contributed by atoms with van der Waals surface area (Å²) in [6.07, 6.45) is 4.74. The minimum atomic E-state index is 0.512. The maximum atomic E-state index is 5.68. The SMILES string of the molecule is CC(CCl)Cc1nccn1C. The van der Waals surface area contributed by atoms with Gasteiger partial charge >= 0.3 is 0 Å². The van der Waals surface area contributed by atoms with Crippen LogP contribution >= 0.6 is 11.6 Å². The van der Waals surface area contributed by atoms with Crippen LogP contribution in [0.5, 0.6) is 0 Å². The second-order valence-electron chi connectivity index (χ2n) is 2.92. The number of aromatic nitrogens is 2.